The van der Waals surface area contributed by atoms with E-state index in [4.69, 9.17) is 9.47 Å². The minimum Gasteiger partial charge on any atom is -0.451 e. The molecule has 3 aromatic rings. The van der Waals surface area contributed by atoms with Crippen LogP contribution in [0.1, 0.15) is 27.2 Å². The van der Waals surface area contributed by atoms with Gasteiger partial charge in [-0.05, 0) is 29.7 Å². The van der Waals surface area contributed by atoms with Crippen LogP contribution in [0.25, 0.3) is 0 Å². The average molecular weight is 574 g/mol. The van der Waals surface area contributed by atoms with Crippen molar-refractivity contribution in [1.82, 2.24) is 9.58 Å². The molecule has 2 aromatic carbocycles. The molecule has 1 saturated heterocycles. The second-order valence-corrected chi connectivity index (χ2v) is 9.90. The lowest BCUT2D eigenvalue weighted by Crippen LogP contribution is -2.59. The predicted octanol–water partition coefficient (Wildman–Crippen LogP) is 3.48. The van der Waals surface area contributed by atoms with Crippen LogP contribution in [0.2, 0.25) is 0 Å². The van der Waals surface area contributed by atoms with Crippen LogP contribution >= 0.6 is 11.8 Å². The van der Waals surface area contributed by atoms with E-state index in [2.05, 4.69) is 14.9 Å². The highest BCUT2D eigenvalue weighted by Gasteiger charge is 2.37. The van der Waals surface area contributed by atoms with Crippen LogP contribution in [0, 0.1) is 11.6 Å². The summed E-state index contributed by atoms with van der Waals surface area (Å²) >= 11 is 1.57. The van der Waals surface area contributed by atoms with E-state index in [1.54, 1.807) is 22.7 Å². The average Bonchev–Trinajstić information content (AvgIpc) is 3.16. The number of aromatic nitrogens is 1. The first-order valence-electron chi connectivity index (χ1n) is 12.3. The van der Waals surface area contributed by atoms with Gasteiger partial charge in [-0.3, -0.25) is 14.3 Å². The van der Waals surface area contributed by atoms with E-state index in [1.165, 1.54) is 28.6 Å². The van der Waals surface area contributed by atoms with Gasteiger partial charge in [0.2, 0.25) is 18.0 Å². The first-order chi connectivity index (χ1) is 19.4. The van der Waals surface area contributed by atoms with Gasteiger partial charge in [-0.25, -0.2) is 13.6 Å². The summed E-state index contributed by atoms with van der Waals surface area (Å²) < 4.78 is 47.7. The summed E-state index contributed by atoms with van der Waals surface area (Å²) in [7, 11) is 1.15. The van der Waals surface area contributed by atoms with Crippen molar-refractivity contribution in [2.75, 3.05) is 39.1 Å². The highest BCUT2D eigenvalue weighted by Crippen LogP contribution is 2.35. The van der Waals surface area contributed by atoms with Crippen molar-refractivity contribution in [2.45, 2.75) is 23.2 Å². The molecule has 210 valence electrons. The molecule has 4 heterocycles. The summed E-state index contributed by atoms with van der Waals surface area (Å²) in [5.41, 5.74) is 5.18. The molecule has 1 atom stereocenters. The van der Waals surface area contributed by atoms with Crippen LogP contribution in [0.15, 0.2) is 58.4 Å². The fraction of sp³-hybridized carbons (Fsp3) is 0.296. The van der Waals surface area contributed by atoms with Gasteiger partial charge in [-0.2, -0.15) is 0 Å². The number of nitrogens with zero attached hydrogens (tertiary/aromatic N) is 2. The molecule has 0 spiro atoms. The standard InChI is InChI=1S/C14H10F2S.C13H15N3O7/c15-12-6-5-9-7-10-3-1-2-4-13(10)17-8-11(9)14(12)16;1-20-13(19)23-7-22-11-8(17)2-3-16-10(11)12(18)15-4-5-21-6-9(15)14-16/h1-6H,7-8H2;2-3,9,14H,4-7H2,1H3. The number of pyridine rings is 1. The number of benzene rings is 2. The molecule has 0 radical (unpaired) electrons. The Bertz CT molecular complexity index is 1500. The third kappa shape index (κ3) is 5.61. The van der Waals surface area contributed by atoms with E-state index in [0.717, 1.165) is 17.6 Å². The minimum absolute atomic E-state index is 0.0455. The van der Waals surface area contributed by atoms with E-state index in [-0.39, 0.29) is 23.5 Å². The Hall–Kier alpha value is -4.10. The molecular formula is C27H25F2N3O7S. The van der Waals surface area contributed by atoms with Gasteiger partial charge in [0.15, 0.2) is 17.3 Å². The summed E-state index contributed by atoms with van der Waals surface area (Å²) in [5.74, 6) is -1.50. The number of hydrogen-bond acceptors (Lipinski definition) is 9. The number of ether oxygens (including phenoxy) is 4. The molecule has 0 aliphatic carbocycles. The predicted molar refractivity (Wildman–Crippen MR) is 140 cm³/mol. The third-order valence-electron chi connectivity index (χ3n) is 6.50. The Balaban J connectivity index is 0.000000168. The summed E-state index contributed by atoms with van der Waals surface area (Å²) in [4.78, 5) is 38.3. The molecule has 13 heteroatoms. The molecule has 6 rings (SSSR count). The lowest BCUT2D eigenvalue weighted by atomic mass is 10.0. The van der Waals surface area contributed by atoms with Crippen LogP contribution in [0.3, 0.4) is 0 Å². The number of fused-ring (bicyclic) bond motifs is 4. The number of carbonyl (C=O) groups excluding carboxylic acids is 2. The maximum absolute atomic E-state index is 13.7. The van der Waals surface area contributed by atoms with Gasteiger partial charge in [0.05, 0.1) is 20.3 Å². The first kappa shape index (κ1) is 27.5. The molecule has 1 aromatic heterocycles. The smallest absolute Gasteiger partial charge is 0.451 e. The Labute approximate surface area is 231 Å². The Morgan fingerprint density at radius 2 is 1.98 bits per heavy atom. The van der Waals surface area contributed by atoms with Gasteiger partial charge in [0.1, 0.15) is 6.17 Å². The van der Waals surface area contributed by atoms with Crippen molar-refractivity contribution in [2.24, 2.45) is 0 Å². The normalized spacial score (nSPS) is 16.9. The van der Waals surface area contributed by atoms with E-state index in [1.807, 2.05) is 24.3 Å². The molecular weight excluding hydrogens is 548 g/mol. The van der Waals surface area contributed by atoms with Crippen LogP contribution in [0.4, 0.5) is 13.6 Å². The maximum atomic E-state index is 13.7. The van der Waals surface area contributed by atoms with E-state index >= 15 is 0 Å². The van der Waals surface area contributed by atoms with Crippen molar-refractivity contribution in [1.29, 1.82) is 0 Å². The number of thioether (sulfide) groups is 1. The van der Waals surface area contributed by atoms with Crippen LogP contribution in [-0.4, -0.2) is 61.5 Å². The Kier molecular flexibility index (Phi) is 8.21. The minimum atomic E-state index is -0.951. The quantitative estimate of drug-likeness (QED) is 0.372. The number of nitrogens with one attached hydrogen (secondary N) is 1. The number of methoxy groups -OCH3 is 1. The zero-order valence-corrected chi connectivity index (χ0v) is 22.2. The Morgan fingerprint density at radius 3 is 2.80 bits per heavy atom. The van der Waals surface area contributed by atoms with Gasteiger partial charge in [-0.1, -0.05) is 24.3 Å². The van der Waals surface area contributed by atoms with Crippen molar-refractivity contribution < 1.29 is 37.3 Å². The van der Waals surface area contributed by atoms with Crippen LogP contribution in [-0.2, 0) is 26.4 Å². The summed E-state index contributed by atoms with van der Waals surface area (Å²) in [5, 5.41) is 0. The SMILES string of the molecule is COC(=O)OCOc1c2n(ccc1=O)NC1COCCN1C2=O.Fc1ccc2c(c1F)CSc1ccccc1C2. The molecule has 3 aliphatic rings. The summed E-state index contributed by atoms with van der Waals surface area (Å²) in [6.45, 7) is 0.623. The number of rotatable bonds is 3. The molecule has 1 N–H and O–H groups in total. The summed E-state index contributed by atoms with van der Waals surface area (Å²) in [6.07, 6.45) is 0.851. The molecule has 0 bridgehead atoms. The molecule has 1 amide bonds. The Morgan fingerprint density at radius 1 is 1.15 bits per heavy atom. The fourth-order valence-electron chi connectivity index (χ4n) is 4.51. The highest BCUT2D eigenvalue weighted by atomic mass is 32.2. The first-order valence-corrected chi connectivity index (χ1v) is 13.3. The number of halogens is 2. The molecule has 3 aliphatic heterocycles. The number of hydrogen-bond donors (Lipinski definition) is 1. The topological polar surface area (TPSA) is 108 Å². The molecule has 1 unspecified atom stereocenters. The van der Waals surface area contributed by atoms with Crippen LogP contribution < -0.4 is 15.6 Å². The zero-order valence-electron chi connectivity index (χ0n) is 21.4. The van der Waals surface area contributed by atoms with Crippen molar-refractivity contribution in [3.8, 4) is 5.75 Å². The lowest BCUT2D eigenvalue weighted by molar-refractivity contribution is -0.00495. The van der Waals surface area contributed by atoms with E-state index in [0.29, 0.717) is 37.5 Å². The van der Waals surface area contributed by atoms with Gasteiger partial charge >= 0.3 is 6.16 Å². The second-order valence-electron chi connectivity index (χ2n) is 8.88. The molecule has 10 nitrogen and oxygen atoms in total. The lowest BCUT2D eigenvalue weighted by Gasteiger charge is -2.41. The van der Waals surface area contributed by atoms with Gasteiger partial charge in [-0.15, -0.1) is 11.8 Å². The van der Waals surface area contributed by atoms with E-state index in [9.17, 15) is 23.2 Å². The van der Waals surface area contributed by atoms with Gasteiger partial charge < -0.3 is 29.3 Å². The van der Waals surface area contributed by atoms with Gasteiger partial charge in [0.25, 0.3) is 5.91 Å². The zero-order chi connectivity index (χ0) is 28.2. The maximum Gasteiger partial charge on any atom is 0.510 e. The molecule has 40 heavy (non-hydrogen) atoms. The van der Waals surface area contributed by atoms with Crippen molar-refractivity contribution in [3.05, 3.63) is 92.9 Å². The van der Waals surface area contributed by atoms with Crippen LogP contribution in [0.5, 0.6) is 5.75 Å². The summed E-state index contributed by atoms with van der Waals surface area (Å²) in [6, 6.07) is 12.2. The fourth-order valence-corrected chi connectivity index (χ4v) is 5.62. The molecule has 0 saturated carbocycles. The van der Waals surface area contributed by atoms with E-state index < -0.39 is 30.0 Å². The molecule has 1 fully saturated rings. The number of carbonyl (C=O) groups is 2. The second kappa shape index (κ2) is 12.0. The largest absolute Gasteiger partial charge is 0.510 e. The van der Waals surface area contributed by atoms with Crippen molar-refractivity contribution >= 4 is 23.8 Å². The highest BCUT2D eigenvalue weighted by molar-refractivity contribution is 7.98. The monoisotopic (exact) mass is 573 g/mol. The third-order valence-corrected chi connectivity index (χ3v) is 7.64. The van der Waals surface area contributed by atoms with Gasteiger partial charge in [0, 0.05) is 35.0 Å². The number of amides is 1. The number of morpholine rings is 1. The van der Waals surface area contributed by atoms with Crippen molar-refractivity contribution in [3.63, 3.8) is 0 Å².